The molecule has 0 aliphatic heterocycles. The molecule has 0 saturated carbocycles. The first-order valence-corrected chi connectivity index (χ1v) is 8.09. The van der Waals surface area contributed by atoms with Crippen molar-refractivity contribution in [3.63, 3.8) is 0 Å². The van der Waals surface area contributed by atoms with Gasteiger partial charge in [-0.15, -0.1) is 0 Å². The minimum atomic E-state index is 0.663. The summed E-state index contributed by atoms with van der Waals surface area (Å²) in [7, 11) is 0. The molecule has 120 valence electrons. The number of rotatable bonds is 4. The largest absolute Gasteiger partial charge is 0.381 e. The first-order valence-electron chi connectivity index (χ1n) is 8.09. The van der Waals surface area contributed by atoms with Crippen LogP contribution in [0, 0.1) is 11.3 Å². The number of aromatic nitrogens is 2. The molecule has 3 aromatic carbocycles. The third-order valence-corrected chi connectivity index (χ3v) is 4.20. The zero-order valence-electron chi connectivity index (χ0n) is 13.6. The van der Waals surface area contributed by atoms with Gasteiger partial charge < -0.3 is 5.32 Å². The lowest BCUT2D eigenvalue weighted by molar-refractivity contribution is 1.03. The molecule has 4 heteroatoms. The van der Waals surface area contributed by atoms with E-state index in [9.17, 15) is 0 Å². The number of nitrogens with one attached hydrogen (secondary N) is 1. The van der Waals surface area contributed by atoms with Gasteiger partial charge in [-0.25, -0.2) is 4.98 Å². The van der Waals surface area contributed by atoms with E-state index in [1.807, 2.05) is 60.9 Å². The number of anilines is 1. The molecule has 1 aromatic heterocycles. The van der Waals surface area contributed by atoms with Crippen LogP contribution < -0.4 is 5.32 Å². The summed E-state index contributed by atoms with van der Waals surface area (Å²) in [6.45, 7) is 0.689. The number of nitrogens with zero attached hydrogens (tertiary/aromatic N) is 3. The van der Waals surface area contributed by atoms with Gasteiger partial charge >= 0.3 is 0 Å². The Hall–Kier alpha value is -3.58. The maximum Gasteiger partial charge on any atom is 0.100 e. The van der Waals surface area contributed by atoms with Crippen molar-refractivity contribution < 1.29 is 0 Å². The predicted molar refractivity (Wildman–Crippen MR) is 99.6 cm³/mol. The molecule has 1 N–H and O–H groups in total. The lowest BCUT2D eigenvalue weighted by Gasteiger charge is -2.13. The van der Waals surface area contributed by atoms with E-state index >= 15 is 0 Å². The molecule has 0 atom stereocenters. The van der Waals surface area contributed by atoms with E-state index in [1.165, 1.54) is 5.56 Å². The van der Waals surface area contributed by atoms with E-state index in [1.54, 1.807) is 0 Å². The topological polar surface area (TPSA) is 53.6 Å². The molecule has 0 radical (unpaired) electrons. The van der Waals surface area contributed by atoms with Gasteiger partial charge in [0, 0.05) is 12.2 Å². The number of imidazole rings is 1. The van der Waals surface area contributed by atoms with Crippen LogP contribution in [0.2, 0.25) is 0 Å². The van der Waals surface area contributed by atoms with Gasteiger partial charge in [0.05, 0.1) is 28.4 Å². The Kier molecular flexibility index (Phi) is 3.89. The average Bonchev–Trinajstić information content (AvgIpc) is 3.11. The van der Waals surface area contributed by atoms with E-state index < -0.39 is 0 Å². The highest BCUT2D eigenvalue weighted by Gasteiger charge is 2.08. The monoisotopic (exact) mass is 324 g/mol. The van der Waals surface area contributed by atoms with Crippen molar-refractivity contribution >= 4 is 16.7 Å². The van der Waals surface area contributed by atoms with Crippen LogP contribution in [0.5, 0.6) is 0 Å². The smallest absolute Gasteiger partial charge is 0.100 e. The van der Waals surface area contributed by atoms with Crippen LogP contribution in [0.25, 0.3) is 16.7 Å². The van der Waals surface area contributed by atoms with Crippen molar-refractivity contribution in [1.29, 1.82) is 5.26 Å². The standard InChI is InChI=1S/C21H16N4/c22-13-16-9-11-18(12-10-16)23-14-17-5-1-3-7-20(17)25-15-24-19-6-2-4-8-21(19)25/h1-12,15,23H,14H2. The minimum absolute atomic E-state index is 0.663. The van der Waals surface area contributed by atoms with Crippen LogP contribution >= 0.6 is 0 Å². The van der Waals surface area contributed by atoms with Gasteiger partial charge in [-0.05, 0) is 48.0 Å². The quantitative estimate of drug-likeness (QED) is 0.601. The summed E-state index contributed by atoms with van der Waals surface area (Å²) in [5.41, 5.74) is 6.01. The highest BCUT2D eigenvalue weighted by molar-refractivity contribution is 5.77. The maximum absolute atomic E-state index is 8.89. The van der Waals surface area contributed by atoms with Gasteiger partial charge in [0.25, 0.3) is 0 Å². The molecule has 1 heterocycles. The average molecular weight is 324 g/mol. The maximum atomic E-state index is 8.89. The Morgan fingerprint density at radius 3 is 2.52 bits per heavy atom. The van der Waals surface area contributed by atoms with E-state index in [4.69, 9.17) is 5.26 Å². The van der Waals surface area contributed by atoms with Gasteiger partial charge in [-0.1, -0.05) is 30.3 Å². The van der Waals surface area contributed by atoms with Gasteiger partial charge in [0.15, 0.2) is 0 Å². The fraction of sp³-hybridized carbons (Fsp3) is 0.0476. The molecule has 0 aliphatic carbocycles. The molecule has 4 aromatic rings. The molecule has 0 saturated heterocycles. The second-order valence-corrected chi connectivity index (χ2v) is 5.77. The predicted octanol–water partition coefficient (Wildman–Crippen LogP) is 4.51. The fourth-order valence-electron chi connectivity index (χ4n) is 2.91. The minimum Gasteiger partial charge on any atom is -0.381 e. The Bertz CT molecular complexity index is 1060. The Morgan fingerprint density at radius 1 is 0.920 bits per heavy atom. The summed E-state index contributed by atoms with van der Waals surface area (Å²) >= 11 is 0. The Balaban J connectivity index is 1.64. The number of fused-ring (bicyclic) bond motifs is 1. The molecule has 0 unspecified atom stereocenters. The van der Waals surface area contributed by atoms with Crippen LogP contribution in [0.3, 0.4) is 0 Å². The van der Waals surface area contributed by atoms with Crippen LogP contribution in [-0.2, 0) is 6.54 Å². The summed E-state index contributed by atoms with van der Waals surface area (Å²) in [6.07, 6.45) is 1.87. The van der Waals surface area contributed by atoms with Crippen molar-refractivity contribution in [2.45, 2.75) is 6.54 Å². The van der Waals surface area contributed by atoms with Crippen LogP contribution in [0.4, 0.5) is 5.69 Å². The lowest BCUT2D eigenvalue weighted by Crippen LogP contribution is -2.04. The highest BCUT2D eigenvalue weighted by atomic mass is 15.1. The van der Waals surface area contributed by atoms with Crippen LogP contribution in [-0.4, -0.2) is 9.55 Å². The van der Waals surface area contributed by atoms with Crippen molar-refractivity contribution in [2.24, 2.45) is 0 Å². The molecule has 4 rings (SSSR count). The molecule has 0 fully saturated rings. The van der Waals surface area contributed by atoms with Crippen LogP contribution in [0.15, 0.2) is 79.1 Å². The second kappa shape index (κ2) is 6.50. The van der Waals surface area contributed by atoms with E-state index in [0.29, 0.717) is 12.1 Å². The molecule has 4 nitrogen and oxygen atoms in total. The number of nitriles is 1. The summed E-state index contributed by atoms with van der Waals surface area (Å²) in [6, 6.07) is 26.0. The van der Waals surface area contributed by atoms with Crippen molar-refractivity contribution in [2.75, 3.05) is 5.32 Å². The van der Waals surface area contributed by atoms with Gasteiger partial charge in [0.1, 0.15) is 6.33 Å². The number of hydrogen-bond donors (Lipinski definition) is 1. The van der Waals surface area contributed by atoms with E-state index in [0.717, 1.165) is 22.4 Å². The summed E-state index contributed by atoms with van der Waals surface area (Å²) in [5.74, 6) is 0. The molecule has 0 spiro atoms. The Labute approximate surface area is 146 Å². The zero-order valence-corrected chi connectivity index (χ0v) is 13.6. The summed E-state index contributed by atoms with van der Waals surface area (Å²) < 4.78 is 2.12. The molecule has 0 bridgehead atoms. The van der Waals surface area contributed by atoms with Crippen LogP contribution in [0.1, 0.15) is 11.1 Å². The summed E-state index contributed by atoms with van der Waals surface area (Å²) in [4.78, 5) is 4.49. The molecular weight excluding hydrogens is 308 g/mol. The Morgan fingerprint density at radius 2 is 1.68 bits per heavy atom. The lowest BCUT2D eigenvalue weighted by atomic mass is 10.1. The normalized spacial score (nSPS) is 10.5. The molecule has 25 heavy (non-hydrogen) atoms. The van der Waals surface area contributed by atoms with Gasteiger partial charge in [0.2, 0.25) is 0 Å². The molecule has 0 amide bonds. The SMILES string of the molecule is N#Cc1ccc(NCc2ccccc2-n2cnc3ccccc32)cc1. The van der Waals surface area contributed by atoms with Crippen molar-refractivity contribution in [3.8, 4) is 11.8 Å². The first kappa shape index (κ1) is 15.0. The van der Waals surface area contributed by atoms with Gasteiger partial charge in [-0.2, -0.15) is 5.26 Å². The van der Waals surface area contributed by atoms with E-state index in [-0.39, 0.29) is 0 Å². The van der Waals surface area contributed by atoms with Crippen molar-refractivity contribution in [3.05, 3.63) is 90.3 Å². The summed E-state index contributed by atoms with van der Waals surface area (Å²) in [5, 5.41) is 12.3. The number of para-hydroxylation sites is 3. The first-order chi connectivity index (χ1) is 12.3. The third-order valence-electron chi connectivity index (χ3n) is 4.20. The number of benzene rings is 3. The zero-order chi connectivity index (χ0) is 17.1. The second-order valence-electron chi connectivity index (χ2n) is 5.77. The molecule has 0 aliphatic rings. The molecular formula is C21H16N4. The third kappa shape index (κ3) is 2.96. The van der Waals surface area contributed by atoms with Gasteiger partial charge in [-0.3, -0.25) is 4.57 Å². The van der Waals surface area contributed by atoms with Crippen molar-refractivity contribution in [1.82, 2.24) is 9.55 Å². The number of hydrogen-bond acceptors (Lipinski definition) is 3. The highest BCUT2D eigenvalue weighted by Crippen LogP contribution is 2.22. The van der Waals surface area contributed by atoms with E-state index in [2.05, 4.69) is 39.1 Å². The fourth-order valence-corrected chi connectivity index (χ4v) is 2.91.